The van der Waals surface area contributed by atoms with Crippen LogP contribution in [-0.2, 0) is 0 Å². The molecule has 1 aromatic carbocycles. The number of anilines is 1. The summed E-state index contributed by atoms with van der Waals surface area (Å²) in [5.41, 5.74) is 8.41. The monoisotopic (exact) mass is 296 g/mol. The zero-order valence-electron chi connectivity index (χ0n) is 10.6. The van der Waals surface area contributed by atoms with Gasteiger partial charge in [0.1, 0.15) is 0 Å². The lowest BCUT2D eigenvalue weighted by Crippen LogP contribution is -2.26. The Kier molecular flexibility index (Phi) is 4.10. The summed E-state index contributed by atoms with van der Waals surface area (Å²) >= 11 is 3.68. The predicted molar refractivity (Wildman–Crippen MR) is 77.4 cm³/mol. The van der Waals surface area contributed by atoms with E-state index in [2.05, 4.69) is 46.0 Å². The van der Waals surface area contributed by atoms with Crippen molar-refractivity contribution in [2.24, 2.45) is 5.73 Å². The molecule has 0 aromatic heterocycles. The Morgan fingerprint density at radius 1 is 1.47 bits per heavy atom. The highest BCUT2D eigenvalue weighted by atomic mass is 79.9. The third kappa shape index (κ3) is 3.02. The average Bonchev–Trinajstić information content (AvgIpc) is 3.10. The Bertz CT molecular complexity index is 386. The molecule has 0 saturated heterocycles. The van der Waals surface area contributed by atoms with E-state index in [-0.39, 0.29) is 6.04 Å². The third-order valence-corrected chi connectivity index (χ3v) is 3.89. The van der Waals surface area contributed by atoms with Gasteiger partial charge in [0, 0.05) is 23.1 Å². The summed E-state index contributed by atoms with van der Waals surface area (Å²) in [5, 5.41) is 0. The molecule has 0 heterocycles. The number of hydrogen-bond acceptors (Lipinski definition) is 2. The largest absolute Gasteiger partial charge is 0.368 e. The number of rotatable bonds is 5. The molecule has 0 bridgehead atoms. The van der Waals surface area contributed by atoms with Gasteiger partial charge in [-0.1, -0.05) is 13.0 Å². The number of nitrogens with zero attached hydrogens (tertiary/aromatic N) is 1. The summed E-state index contributed by atoms with van der Waals surface area (Å²) in [5.74, 6) is 0. The fourth-order valence-electron chi connectivity index (χ4n) is 2.17. The molecule has 0 amide bonds. The first-order chi connectivity index (χ1) is 8.13. The second kappa shape index (κ2) is 5.40. The van der Waals surface area contributed by atoms with E-state index >= 15 is 0 Å². The Hall–Kier alpha value is -0.540. The second-order valence-corrected chi connectivity index (χ2v) is 5.78. The third-order valence-electron chi connectivity index (χ3n) is 3.26. The first kappa shape index (κ1) is 12.9. The Labute approximate surface area is 112 Å². The quantitative estimate of drug-likeness (QED) is 0.894. The maximum absolute atomic E-state index is 5.91. The summed E-state index contributed by atoms with van der Waals surface area (Å²) in [7, 11) is 0. The molecule has 1 aromatic rings. The molecular weight excluding hydrogens is 276 g/mol. The Balaban J connectivity index is 2.24. The highest BCUT2D eigenvalue weighted by Crippen LogP contribution is 2.36. The first-order valence-corrected chi connectivity index (χ1v) is 7.24. The fraction of sp³-hybridized carbons (Fsp3) is 0.571. The molecule has 94 valence electrons. The van der Waals surface area contributed by atoms with Gasteiger partial charge in [-0.2, -0.15) is 0 Å². The second-order valence-electron chi connectivity index (χ2n) is 4.92. The summed E-state index contributed by atoms with van der Waals surface area (Å²) in [6, 6.07) is 7.37. The van der Waals surface area contributed by atoms with E-state index in [1.54, 1.807) is 0 Å². The SMILES string of the molecule is CCCN(c1ccc(C(C)N)cc1Br)C1CC1. The molecule has 0 aliphatic heterocycles. The maximum Gasteiger partial charge on any atom is 0.0513 e. The van der Waals surface area contributed by atoms with Gasteiger partial charge in [-0.25, -0.2) is 0 Å². The van der Waals surface area contributed by atoms with Crippen molar-refractivity contribution in [3.63, 3.8) is 0 Å². The van der Waals surface area contributed by atoms with E-state index in [1.165, 1.54) is 35.0 Å². The molecule has 2 rings (SSSR count). The summed E-state index contributed by atoms with van der Waals surface area (Å²) in [4.78, 5) is 2.52. The number of benzene rings is 1. The van der Waals surface area contributed by atoms with Crippen molar-refractivity contribution in [3.8, 4) is 0 Å². The first-order valence-electron chi connectivity index (χ1n) is 6.45. The molecule has 17 heavy (non-hydrogen) atoms. The number of hydrogen-bond donors (Lipinski definition) is 1. The van der Waals surface area contributed by atoms with Crippen LogP contribution in [0.25, 0.3) is 0 Å². The van der Waals surface area contributed by atoms with E-state index in [0.29, 0.717) is 0 Å². The van der Waals surface area contributed by atoms with Crippen LogP contribution in [0.15, 0.2) is 22.7 Å². The Morgan fingerprint density at radius 2 is 2.18 bits per heavy atom. The molecule has 1 fully saturated rings. The van der Waals surface area contributed by atoms with Crippen LogP contribution in [0.3, 0.4) is 0 Å². The zero-order chi connectivity index (χ0) is 12.4. The van der Waals surface area contributed by atoms with Crippen LogP contribution in [-0.4, -0.2) is 12.6 Å². The van der Waals surface area contributed by atoms with Crippen LogP contribution in [0.2, 0.25) is 0 Å². The molecule has 0 spiro atoms. The lowest BCUT2D eigenvalue weighted by molar-refractivity contribution is 0.759. The minimum atomic E-state index is 0.0981. The molecule has 1 atom stereocenters. The van der Waals surface area contributed by atoms with Gasteiger partial charge in [-0.3, -0.25) is 0 Å². The molecule has 1 unspecified atom stereocenters. The maximum atomic E-state index is 5.91. The van der Waals surface area contributed by atoms with Crippen LogP contribution in [0.1, 0.15) is 44.7 Å². The van der Waals surface area contributed by atoms with Crippen molar-refractivity contribution in [1.29, 1.82) is 0 Å². The normalized spacial score (nSPS) is 16.9. The van der Waals surface area contributed by atoms with E-state index in [1.807, 2.05) is 6.92 Å². The van der Waals surface area contributed by atoms with Gasteiger partial charge in [0.05, 0.1) is 5.69 Å². The minimum Gasteiger partial charge on any atom is -0.368 e. The van der Waals surface area contributed by atoms with Crippen molar-refractivity contribution in [2.75, 3.05) is 11.4 Å². The van der Waals surface area contributed by atoms with Crippen molar-refractivity contribution in [2.45, 2.75) is 45.2 Å². The highest BCUT2D eigenvalue weighted by molar-refractivity contribution is 9.10. The number of nitrogens with two attached hydrogens (primary N) is 1. The summed E-state index contributed by atoms with van der Waals surface area (Å²) in [6.07, 6.45) is 3.86. The molecule has 1 aliphatic carbocycles. The topological polar surface area (TPSA) is 29.3 Å². The van der Waals surface area contributed by atoms with Gasteiger partial charge in [0.2, 0.25) is 0 Å². The zero-order valence-corrected chi connectivity index (χ0v) is 12.2. The molecule has 1 aliphatic rings. The summed E-state index contributed by atoms with van der Waals surface area (Å²) < 4.78 is 1.17. The minimum absolute atomic E-state index is 0.0981. The van der Waals surface area contributed by atoms with E-state index in [4.69, 9.17) is 5.73 Å². The van der Waals surface area contributed by atoms with E-state index in [9.17, 15) is 0 Å². The van der Waals surface area contributed by atoms with Gasteiger partial charge < -0.3 is 10.6 Å². The van der Waals surface area contributed by atoms with Crippen molar-refractivity contribution in [3.05, 3.63) is 28.2 Å². The molecule has 2 N–H and O–H groups in total. The van der Waals surface area contributed by atoms with Crippen molar-refractivity contribution < 1.29 is 0 Å². The molecule has 1 saturated carbocycles. The smallest absolute Gasteiger partial charge is 0.0513 e. The van der Waals surface area contributed by atoms with E-state index < -0.39 is 0 Å². The average molecular weight is 297 g/mol. The molecule has 3 heteroatoms. The molecular formula is C14H21BrN2. The molecule has 2 nitrogen and oxygen atoms in total. The standard InChI is InChI=1S/C14H21BrN2/c1-3-8-17(12-5-6-12)14-7-4-11(10(2)16)9-13(14)15/h4,7,9-10,12H,3,5-6,8,16H2,1-2H3. The van der Waals surface area contributed by atoms with Crippen LogP contribution in [0.5, 0.6) is 0 Å². The van der Waals surface area contributed by atoms with Gasteiger partial charge in [0.15, 0.2) is 0 Å². The lowest BCUT2D eigenvalue weighted by atomic mass is 10.1. The van der Waals surface area contributed by atoms with Crippen LogP contribution < -0.4 is 10.6 Å². The van der Waals surface area contributed by atoms with Gasteiger partial charge in [-0.15, -0.1) is 0 Å². The highest BCUT2D eigenvalue weighted by Gasteiger charge is 2.29. The van der Waals surface area contributed by atoms with Crippen LogP contribution >= 0.6 is 15.9 Å². The van der Waals surface area contributed by atoms with Gasteiger partial charge in [0.25, 0.3) is 0 Å². The van der Waals surface area contributed by atoms with Crippen molar-refractivity contribution in [1.82, 2.24) is 0 Å². The Morgan fingerprint density at radius 3 is 2.65 bits per heavy atom. The summed E-state index contributed by atoms with van der Waals surface area (Å²) in [6.45, 7) is 5.40. The van der Waals surface area contributed by atoms with Crippen LogP contribution in [0, 0.1) is 0 Å². The van der Waals surface area contributed by atoms with Gasteiger partial charge >= 0.3 is 0 Å². The lowest BCUT2D eigenvalue weighted by Gasteiger charge is -2.26. The van der Waals surface area contributed by atoms with Crippen molar-refractivity contribution >= 4 is 21.6 Å². The predicted octanol–water partition coefficient (Wildman–Crippen LogP) is 3.85. The van der Waals surface area contributed by atoms with Crippen LogP contribution in [0.4, 0.5) is 5.69 Å². The van der Waals surface area contributed by atoms with E-state index in [0.717, 1.165) is 12.6 Å². The fourth-order valence-corrected chi connectivity index (χ4v) is 2.79. The number of halogens is 1. The molecule has 0 radical (unpaired) electrons. The van der Waals surface area contributed by atoms with Gasteiger partial charge in [-0.05, 0) is 59.8 Å².